The Labute approximate surface area is 228 Å². The molecule has 0 aliphatic carbocycles. The quantitative estimate of drug-likeness (QED) is 0.212. The van der Waals surface area contributed by atoms with Crippen molar-refractivity contribution in [1.29, 1.82) is 0 Å². The molecule has 1 amide bonds. The zero-order valence-electron chi connectivity index (χ0n) is 20.1. The van der Waals surface area contributed by atoms with E-state index in [1.165, 1.54) is 6.92 Å². The molecule has 0 radical (unpaired) electrons. The van der Waals surface area contributed by atoms with Crippen LogP contribution in [0.3, 0.4) is 0 Å². The van der Waals surface area contributed by atoms with Crippen molar-refractivity contribution in [2.45, 2.75) is 32.2 Å². The average Bonchev–Trinajstić information content (AvgIpc) is 3.29. The molecule has 38 heavy (non-hydrogen) atoms. The van der Waals surface area contributed by atoms with Gasteiger partial charge in [-0.25, -0.2) is 14.0 Å². The molecule has 0 bridgehead atoms. The summed E-state index contributed by atoms with van der Waals surface area (Å²) in [6.45, 7) is 1.01. The van der Waals surface area contributed by atoms with Crippen LogP contribution in [0.15, 0.2) is 53.3 Å². The Bertz CT molecular complexity index is 1460. The summed E-state index contributed by atoms with van der Waals surface area (Å²) in [4.78, 5) is 40.1. The maximum Gasteiger partial charge on any atom is 0.416 e. The van der Waals surface area contributed by atoms with Gasteiger partial charge in [-0.3, -0.25) is 14.3 Å². The first kappa shape index (κ1) is 27.6. The fourth-order valence-corrected chi connectivity index (χ4v) is 4.98. The summed E-state index contributed by atoms with van der Waals surface area (Å²) in [7, 11) is 1.11. The lowest BCUT2D eigenvalue weighted by molar-refractivity contribution is -0.144. The Balaban J connectivity index is 1.87. The third kappa shape index (κ3) is 5.13. The molecule has 0 saturated carbocycles. The van der Waals surface area contributed by atoms with E-state index in [-0.39, 0.29) is 33.7 Å². The molecule has 12 heteroatoms. The number of nitrogens with zero attached hydrogens (tertiary/aromatic N) is 2. The van der Waals surface area contributed by atoms with Crippen LogP contribution in [0.5, 0.6) is 0 Å². The second-order valence-corrected chi connectivity index (χ2v) is 9.63. The van der Waals surface area contributed by atoms with Crippen molar-refractivity contribution < 1.29 is 36.6 Å². The van der Waals surface area contributed by atoms with E-state index in [1.807, 2.05) is 0 Å². The van der Waals surface area contributed by atoms with Crippen LogP contribution in [-0.2, 0) is 33.5 Å². The van der Waals surface area contributed by atoms with Crippen LogP contribution < -0.4 is 10.5 Å². The summed E-state index contributed by atoms with van der Waals surface area (Å²) in [5.74, 6) is -2.07. The van der Waals surface area contributed by atoms with Crippen LogP contribution >= 0.6 is 22.6 Å². The first-order valence-electron chi connectivity index (χ1n) is 11.3. The van der Waals surface area contributed by atoms with E-state index in [2.05, 4.69) is 0 Å². The minimum absolute atomic E-state index is 0.0765. The molecular weight excluding hydrogens is 623 g/mol. The number of alkyl halides is 3. The van der Waals surface area contributed by atoms with Gasteiger partial charge in [-0.15, -0.1) is 0 Å². The molecular formula is C26H21F4IN2O5. The fourth-order valence-electron chi connectivity index (χ4n) is 4.40. The van der Waals surface area contributed by atoms with Crippen LogP contribution in [0.1, 0.15) is 33.9 Å². The summed E-state index contributed by atoms with van der Waals surface area (Å²) in [5, 5.41) is 0. The normalized spacial score (nSPS) is 14.8. The van der Waals surface area contributed by atoms with Crippen molar-refractivity contribution in [3.63, 3.8) is 0 Å². The Morgan fingerprint density at radius 3 is 2.39 bits per heavy atom. The molecule has 1 aliphatic rings. The van der Waals surface area contributed by atoms with Crippen molar-refractivity contribution in [2.24, 2.45) is 0 Å². The van der Waals surface area contributed by atoms with E-state index >= 15 is 0 Å². The van der Waals surface area contributed by atoms with E-state index in [9.17, 15) is 31.9 Å². The smallest absolute Gasteiger partial charge is 0.416 e. The van der Waals surface area contributed by atoms with Crippen LogP contribution in [0.4, 0.5) is 28.2 Å². The number of hydrogen-bond acceptors (Lipinski definition) is 5. The molecule has 0 saturated heterocycles. The summed E-state index contributed by atoms with van der Waals surface area (Å²) < 4.78 is 67.4. The van der Waals surface area contributed by atoms with Gasteiger partial charge in [0.15, 0.2) is 6.04 Å². The Kier molecular flexibility index (Phi) is 7.81. The van der Waals surface area contributed by atoms with Gasteiger partial charge in [0, 0.05) is 17.5 Å². The minimum atomic E-state index is -4.85. The highest BCUT2D eigenvalue weighted by Gasteiger charge is 2.43. The van der Waals surface area contributed by atoms with Crippen LogP contribution in [0.2, 0.25) is 0 Å². The van der Waals surface area contributed by atoms with Crippen LogP contribution in [0.25, 0.3) is 0 Å². The molecule has 200 valence electrons. The lowest BCUT2D eigenvalue weighted by atomic mass is 9.96. The molecule has 2 heterocycles. The van der Waals surface area contributed by atoms with Crippen molar-refractivity contribution >= 4 is 40.5 Å². The SMILES string of the molecule is COC(=O)C1CN(C(=O)OCc2ccccc2)c2c(Cc3c(F)cccc3C(F)(F)F)c(C)c(I)c(=O)n21. The highest BCUT2D eigenvalue weighted by atomic mass is 127. The Morgan fingerprint density at radius 1 is 1.08 bits per heavy atom. The number of anilines is 1. The highest BCUT2D eigenvalue weighted by molar-refractivity contribution is 14.1. The van der Waals surface area contributed by atoms with Crippen LogP contribution in [0, 0.1) is 16.3 Å². The number of esters is 1. The number of ether oxygens (including phenoxy) is 2. The first-order chi connectivity index (χ1) is 18.0. The van der Waals surface area contributed by atoms with Gasteiger partial charge in [-0.2, -0.15) is 13.2 Å². The van der Waals surface area contributed by atoms with E-state index in [1.54, 1.807) is 52.9 Å². The number of rotatable bonds is 5. The van der Waals surface area contributed by atoms with Crippen LogP contribution in [-0.4, -0.2) is 30.3 Å². The first-order valence-corrected chi connectivity index (χ1v) is 12.4. The summed E-state index contributed by atoms with van der Waals surface area (Å²) in [6.07, 6.45) is -6.38. The molecule has 1 unspecified atom stereocenters. The van der Waals surface area contributed by atoms with Gasteiger partial charge in [0.1, 0.15) is 18.2 Å². The maximum atomic E-state index is 14.8. The fraction of sp³-hybridized carbons (Fsp3) is 0.269. The molecule has 1 atom stereocenters. The van der Waals surface area contributed by atoms with E-state index in [4.69, 9.17) is 9.47 Å². The van der Waals surface area contributed by atoms with E-state index in [0.717, 1.165) is 34.8 Å². The molecule has 4 rings (SSSR count). The van der Waals surface area contributed by atoms with Gasteiger partial charge in [0.25, 0.3) is 5.56 Å². The zero-order valence-corrected chi connectivity index (χ0v) is 22.3. The third-order valence-corrected chi connectivity index (χ3v) is 7.56. The average molecular weight is 644 g/mol. The van der Waals surface area contributed by atoms with E-state index < -0.39 is 53.2 Å². The lowest BCUT2D eigenvalue weighted by Crippen LogP contribution is -2.32. The van der Waals surface area contributed by atoms with Crippen molar-refractivity contribution in [2.75, 3.05) is 18.6 Å². The summed E-state index contributed by atoms with van der Waals surface area (Å²) in [5.41, 5.74) is -1.48. The van der Waals surface area contributed by atoms with Crippen molar-refractivity contribution in [3.05, 3.63) is 96.1 Å². The van der Waals surface area contributed by atoms with Gasteiger partial charge < -0.3 is 9.47 Å². The Morgan fingerprint density at radius 2 is 1.76 bits per heavy atom. The number of carbonyl (C=O) groups is 2. The van der Waals surface area contributed by atoms with Gasteiger partial charge in [0.2, 0.25) is 0 Å². The number of halogens is 5. The number of methoxy groups -OCH3 is 1. The molecule has 0 N–H and O–H groups in total. The molecule has 7 nitrogen and oxygen atoms in total. The third-order valence-electron chi connectivity index (χ3n) is 6.29. The number of carbonyl (C=O) groups excluding carboxylic acids is 2. The largest absolute Gasteiger partial charge is 0.467 e. The van der Waals surface area contributed by atoms with Crippen molar-refractivity contribution in [1.82, 2.24) is 4.57 Å². The van der Waals surface area contributed by atoms with E-state index in [0.29, 0.717) is 5.56 Å². The molecule has 1 aromatic heterocycles. The van der Waals surface area contributed by atoms with Gasteiger partial charge in [0.05, 0.1) is 22.8 Å². The Hall–Kier alpha value is -3.42. The lowest BCUT2D eigenvalue weighted by Gasteiger charge is -2.22. The molecule has 1 aliphatic heterocycles. The standard InChI is InChI=1S/C26H21F4IN2O5/c1-14-16(11-17-18(26(28,29)30)9-6-10-19(17)27)22-32(25(36)38-13-15-7-4-3-5-8-15)12-20(24(35)37-2)33(22)23(34)21(14)31/h3-10,20H,11-13H2,1-2H3. The highest BCUT2D eigenvalue weighted by Crippen LogP contribution is 2.39. The number of fused-ring (bicyclic) bond motifs is 1. The summed E-state index contributed by atoms with van der Waals surface area (Å²) in [6, 6.07) is 10.1. The number of aromatic nitrogens is 1. The summed E-state index contributed by atoms with van der Waals surface area (Å²) >= 11 is 1.72. The molecule has 2 aromatic carbocycles. The number of benzene rings is 2. The van der Waals surface area contributed by atoms with Gasteiger partial charge in [-0.1, -0.05) is 36.4 Å². The predicted octanol–water partition coefficient (Wildman–Crippen LogP) is 5.38. The van der Waals surface area contributed by atoms with Crippen molar-refractivity contribution in [3.8, 4) is 0 Å². The number of hydrogen-bond donors (Lipinski definition) is 0. The van der Waals surface area contributed by atoms with Gasteiger partial charge >= 0.3 is 18.2 Å². The zero-order chi connectivity index (χ0) is 27.8. The molecule has 3 aromatic rings. The second-order valence-electron chi connectivity index (χ2n) is 8.55. The predicted molar refractivity (Wildman–Crippen MR) is 137 cm³/mol. The second kappa shape index (κ2) is 10.8. The molecule has 0 spiro atoms. The van der Waals surface area contributed by atoms with Gasteiger partial charge in [-0.05, 0) is 52.8 Å². The number of pyridine rings is 1. The molecule has 0 fully saturated rings. The minimum Gasteiger partial charge on any atom is -0.467 e. The monoisotopic (exact) mass is 644 g/mol. The topological polar surface area (TPSA) is 77.8 Å². The maximum absolute atomic E-state index is 14.8. The number of amides is 1.